The lowest BCUT2D eigenvalue weighted by molar-refractivity contribution is -0.362. The van der Waals surface area contributed by atoms with Gasteiger partial charge in [-0.05, 0) is 80.6 Å². The van der Waals surface area contributed by atoms with Crippen molar-refractivity contribution in [2.75, 3.05) is 20.3 Å². The van der Waals surface area contributed by atoms with Gasteiger partial charge in [0.1, 0.15) is 55.4 Å². The van der Waals surface area contributed by atoms with Crippen molar-refractivity contribution in [2.24, 2.45) is 34.5 Å². The molecule has 0 radical (unpaired) electrons. The zero-order valence-corrected chi connectivity index (χ0v) is 30.3. The van der Waals surface area contributed by atoms with Crippen LogP contribution in [0.25, 0.3) is 0 Å². The predicted molar refractivity (Wildman–Crippen MR) is 177 cm³/mol. The fourth-order valence-electron chi connectivity index (χ4n) is 11.8. The number of aliphatic hydroxyl groups is 6. The van der Waals surface area contributed by atoms with E-state index in [4.69, 9.17) is 33.2 Å². The van der Waals surface area contributed by atoms with E-state index < -0.39 is 91.1 Å². The molecule has 0 bridgehead atoms. The zero-order valence-electron chi connectivity index (χ0n) is 30.3. The van der Waals surface area contributed by atoms with Gasteiger partial charge in [-0.3, -0.25) is 4.79 Å². The van der Waals surface area contributed by atoms with E-state index >= 15 is 0 Å². The van der Waals surface area contributed by atoms with Crippen LogP contribution in [0.2, 0.25) is 0 Å². The summed E-state index contributed by atoms with van der Waals surface area (Å²) in [5.41, 5.74) is -0.945. The maximum absolute atomic E-state index is 12.7. The van der Waals surface area contributed by atoms with Crippen LogP contribution in [0.4, 0.5) is 0 Å². The van der Waals surface area contributed by atoms with Crippen molar-refractivity contribution in [3.8, 4) is 0 Å². The van der Waals surface area contributed by atoms with E-state index in [0.717, 1.165) is 50.5 Å². The minimum absolute atomic E-state index is 0.00113. The predicted octanol–water partition coefficient (Wildman–Crippen LogP) is 0.0859. The molecule has 0 aromatic heterocycles. The van der Waals surface area contributed by atoms with E-state index in [1.165, 1.54) is 13.2 Å². The summed E-state index contributed by atoms with van der Waals surface area (Å²) in [5, 5.41) is 64.6. The summed E-state index contributed by atoms with van der Waals surface area (Å²) in [6, 6.07) is 0. The van der Waals surface area contributed by atoms with Crippen molar-refractivity contribution in [3.63, 3.8) is 0 Å². The van der Waals surface area contributed by atoms with Gasteiger partial charge >= 0.3 is 5.97 Å². The van der Waals surface area contributed by atoms with Crippen LogP contribution < -0.4 is 0 Å². The van der Waals surface area contributed by atoms with Gasteiger partial charge in [-0.15, -0.1) is 0 Å². The molecular weight excluding hydrogens is 684 g/mol. The molecule has 4 aliphatic carbocycles. The summed E-state index contributed by atoms with van der Waals surface area (Å²) < 4.78 is 40.7. The molecule has 0 aromatic carbocycles. The number of rotatable bonds is 9. The molecule has 0 aromatic rings. The topological polar surface area (TPSA) is 220 Å². The lowest BCUT2D eigenvalue weighted by atomic mass is 9.43. The largest absolute Gasteiger partial charge is 0.464 e. The third-order valence-corrected chi connectivity index (χ3v) is 14.6. The molecular formula is C37H56O15. The molecule has 0 unspecified atom stereocenters. The summed E-state index contributed by atoms with van der Waals surface area (Å²) in [4.78, 5) is 23.7. The van der Waals surface area contributed by atoms with Gasteiger partial charge in [0.25, 0.3) is 6.47 Å². The molecule has 19 atom stereocenters. The molecule has 294 valence electrons. The Morgan fingerprint density at radius 2 is 1.67 bits per heavy atom. The number of cyclic esters (lactones) is 1. The number of hydrogen-bond acceptors (Lipinski definition) is 15. The van der Waals surface area contributed by atoms with E-state index in [1.807, 2.05) is 0 Å². The number of ether oxygens (including phenoxy) is 7. The van der Waals surface area contributed by atoms with Gasteiger partial charge in [0.15, 0.2) is 12.6 Å². The summed E-state index contributed by atoms with van der Waals surface area (Å²) in [6.45, 7) is 6.14. The van der Waals surface area contributed by atoms with Crippen molar-refractivity contribution in [1.29, 1.82) is 0 Å². The van der Waals surface area contributed by atoms with E-state index in [9.17, 15) is 40.2 Å². The summed E-state index contributed by atoms with van der Waals surface area (Å²) in [6.07, 6.45) is -5.49. The summed E-state index contributed by atoms with van der Waals surface area (Å²) in [7, 11) is 1.41. The first-order chi connectivity index (χ1) is 24.7. The first-order valence-electron chi connectivity index (χ1n) is 18.9. The van der Waals surface area contributed by atoms with Crippen LogP contribution in [0.3, 0.4) is 0 Å². The van der Waals surface area contributed by atoms with Crippen molar-refractivity contribution < 1.29 is 73.4 Å². The average Bonchev–Trinajstić information content (AvgIpc) is 3.63. The molecule has 6 N–H and O–H groups in total. The first-order valence-corrected chi connectivity index (χ1v) is 18.9. The second kappa shape index (κ2) is 14.4. The SMILES string of the molecule is CO[C@H]1[C@@H](O)[C@@H](O[C@H]2CC[C@@]3(C)[C@H](CC[C@@H]4[C@@H]3CC[C@]3(C)[C@H](C5=CC(=O)OC5)[C@@H](OC=O)C[C@]43O)C2)O[C@H](C)[C@@H]1O[C@@H]1O[C@H](CO)[C@H](O)[C@H](O)[C@H]1O. The van der Waals surface area contributed by atoms with Gasteiger partial charge in [-0.25, -0.2) is 4.79 Å². The van der Waals surface area contributed by atoms with E-state index in [1.54, 1.807) is 6.92 Å². The lowest BCUT2D eigenvalue weighted by Gasteiger charge is -2.63. The number of fused-ring (bicyclic) bond motifs is 5. The summed E-state index contributed by atoms with van der Waals surface area (Å²) in [5.74, 6) is -0.155. The van der Waals surface area contributed by atoms with Crippen molar-refractivity contribution in [1.82, 2.24) is 0 Å². The second-order valence-corrected chi connectivity index (χ2v) is 16.9. The first kappa shape index (κ1) is 38.5. The molecule has 15 heteroatoms. The molecule has 7 aliphatic rings. The third kappa shape index (κ3) is 6.06. The molecule has 15 nitrogen and oxygen atoms in total. The maximum Gasteiger partial charge on any atom is 0.331 e. The molecule has 3 aliphatic heterocycles. The normalized spacial score (nSPS) is 53.3. The minimum atomic E-state index is -1.62. The molecule has 4 saturated carbocycles. The Bertz CT molecular complexity index is 1360. The van der Waals surface area contributed by atoms with E-state index in [-0.39, 0.29) is 35.9 Å². The Morgan fingerprint density at radius 1 is 0.923 bits per heavy atom. The number of methoxy groups -OCH3 is 1. The molecule has 6 fully saturated rings. The van der Waals surface area contributed by atoms with Gasteiger partial charge < -0.3 is 63.8 Å². The van der Waals surface area contributed by atoms with Gasteiger partial charge in [0, 0.05) is 30.9 Å². The molecule has 0 amide bonds. The number of carbonyl (C=O) groups excluding carboxylic acids is 2. The fraction of sp³-hybridized carbons (Fsp3) is 0.892. The van der Waals surface area contributed by atoms with E-state index in [0.29, 0.717) is 18.8 Å². The number of esters is 1. The van der Waals surface area contributed by atoms with Crippen LogP contribution in [0.1, 0.15) is 72.1 Å². The quantitative estimate of drug-likeness (QED) is 0.105. The van der Waals surface area contributed by atoms with Crippen LogP contribution in [0.15, 0.2) is 11.6 Å². The Kier molecular flexibility index (Phi) is 10.7. The van der Waals surface area contributed by atoms with Gasteiger partial charge in [-0.1, -0.05) is 13.8 Å². The van der Waals surface area contributed by atoms with Gasteiger partial charge in [0.05, 0.1) is 24.4 Å². The van der Waals surface area contributed by atoms with Gasteiger partial charge in [-0.2, -0.15) is 0 Å². The van der Waals surface area contributed by atoms with Crippen LogP contribution in [-0.2, 0) is 42.7 Å². The second-order valence-electron chi connectivity index (χ2n) is 16.9. The standard InChI is InChI=1S/C37H56O15/c1-17-31(52-33-29(43)28(42)27(41)24(14-38)51-33)32(46-4)30(44)34(49-17)50-20-7-9-35(2)19(12-20)5-6-22-21(35)8-10-36(3)26(18-11-25(40)47-15-18)23(48-16-39)13-37(22,36)45/h11,16-17,19-24,26-34,38,41-45H,5-10,12-15H2,1-4H3/t17-,19-,20+,21+,22-,23+,24-,26-,27+,28+,29-,30-,31+,32+,33+,34-,35+,36-,37+/m1/s1. The van der Waals surface area contributed by atoms with Crippen LogP contribution in [0.5, 0.6) is 0 Å². The highest BCUT2D eigenvalue weighted by molar-refractivity contribution is 5.85. The van der Waals surface area contributed by atoms with Crippen LogP contribution >= 0.6 is 0 Å². The fourth-order valence-corrected chi connectivity index (χ4v) is 11.8. The molecule has 52 heavy (non-hydrogen) atoms. The highest BCUT2D eigenvalue weighted by Gasteiger charge is 2.71. The number of carbonyl (C=O) groups is 2. The third-order valence-electron chi connectivity index (χ3n) is 14.6. The number of hydrogen-bond donors (Lipinski definition) is 6. The smallest absolute Gasteiger partial charge is 0.331 e. The minimum Gasteiger partial charge on any atom is -0.464 e. The van der Waals surface area contributed by atoms with Gasteiger partial charge in [0.2, 0.25) is 0 Å². The maximum atomic E-state index is 12.7. The average molecular weight is 741 g/mol. The molecule has 0 spiro atoms. The molecule has 7 rings (SSSR count). The summed E-state index contributed by atoms with van der Waals surface area (Å²) >= 11 is 0. The Hall–Kier alpha value is -1.76. The zero-order chi connectivity index (χ0) is 37.3. The van der Waals surface area contributed by atoms with Crippen molar-refractivity contribution in [3.05, 3.63) is 11.6 Å². The Morgan fingerprint density at radius 3 is 2.35 bits per heavy atom. The highest BCUT2D eigenvalue weighted by Crippen LogP contribution is 2.70. The molecule has 3 heterocycles. The molecule has 2 saturated heterocycles. The van der Waals surface area contributed by atoms with Crippen molar-refractivity contribution in [2.45, 2.75) is 151 Å². The Balaban J connectivity index is 1.01. The highest BCUT2D eigenvalue weighted by atomic mass is 16.7. The van der Waals surface area contributed by atoms with Crippen LogP contribution in [-0.4, -0.2) is 143 Å². The Labute approximate surface area is 303 Å². The van der Waals surface area contributed by atoms with Crippen molar-refractivity contribution >= 4 is 12.4 Å². The number of aliphatic hydroxyl groups excluding tert-OH is 5. The monoisotopic (exact) mass is 740 g/mol. The lowest BCUT2D eigenvalue weighted by Crippen LogP contribution is -2.64. The van der Waals surface area contributed by atoms with E-state index in [2.05, 4.69) is 13.8 Å². The van der Waals surface area contributed by atoms with Crippen LogP contribution in [0, 0.1) is 34.5 Å².